The van der Waals surface area contributed by atoms with E-state index in [9.17, 15) is 4.79 Å². The third kappa shape index (κ3) is 3.29. The van der Waals surface area contributed by atoms with E-state index in [-0.39, 0.29) is 5.78 Å². The summed E-state index contributed by atoms with van der Waals surface area (Å²) in [5.74, 6) is 2.18. The second-order valence-corrected chi connectivity index (χ2v) is 7.33. The van der Waals surface area contributed by atoms with E-state index < -0.39 is 0 Å². The van der Waals surface area contributed by atoms with Gasteiger partial charge in [0.2, 0.25) is 5.78 Å². The maximum Gasteiger partial charge on any atom is 0.231 e. The van der Waals surface area contributed by atoms with Crippen molar-refractivity contribution in [1.29, 1.82) is 0 Å². The van der Waals surface area contributed by atoms with Crippen LogP contribution in [0.4, 0.5) is 0 Å². The number of aromatic nitrogens is 1. The number of carbonyl (C=O) groups excluding carboxylic acids is 1. The van der Waals surface area contributed by atoms with Crippen molar-refractivity contribution in [3.05, 3.63) is 71.1 Å². The molecular weight excluding hydrogens is 366 g/mol. The first-order valence-electron chi connectivity index (χ1n) is 9.37. The van der Waals surface area contributed by atoms with Gasteiger partial charge in [0.05, 0.1) is 12.7 Å². The molecule has 2 heterocycles. The summed E-state index contributed by atoms with van der Waals surface area (Å²) in [5, 5.41) is 0.994. The second-order valence-electron chi connectivity index (χ2n) is 7.33. The average Bonchev–Trinajstić information content (AvgIpc) is 3.19. The molecule has 0 radical (unpaired) electrons. The normalized spacial score (nSPS) is 14.2. The van der Waals surface area contributed by atoms with Crippen LogP contribution in [0.1, 0.15) is 28.4 Å². The minimum atomic E-state index is -0.130. The lowest BCUT2D eigenvalue weighted by Gasteiger charge is -2.11. The molecule has 0 spiro atoms. The lowest BCUT2D eigenvalue weighted by molar-refractivity contribution is 0.101. The Morgan fingerprint density at radius 3 is 2.79 bits per heavy atom. The highest BCUT2D eigenvalue weighted by Gasteiger charge is 2.30. The molecule has 3 aromatic rings. The van der Waals surface area contributed by atoms with Gasteiger partial charge in [-0.05, 0) is 55.8 Å². The molecule has 0 saturated heterocycles. The lowest BCUT2D eigenvalue weighted by atomic mass is 10.1. The van der Waals surface area contributed by atoms with Crippen molar-refractivity contribution in [3.63, 3.8) is 0 Å². The number of aryl methyl sites for hydroxylation is 1. The molecule has 0 N–H and O–H groups in total. The predicted octanol–water partition coefficient (Wildman–Crippen LogP) is 5.07. The van der Waals surface area contributed by atoms with Crippen molar-refractivity contribution in [1.82, 2.24) is 4.57 Å². The number of rotatable bonds is 5. The molecule has 1 aliphatic rings. The zero-order valence-corrected chi connectivity index (χ0v) is 17.0. The van der Waals surface area contributed by atoms with E-state index >= 15 is 0 Å². The maximum absolute atomic E-state index is 12.9. The smallest absolute Gasteiger partial charge is 0.231 e. The Balaban J connectivity index is 1.72. The zero-order chi connectivity index (χ0) is 20.7. The van der Waals surface area contributed by atoms with Gasteiger partial charge in [-0.2, -0.15) is 0 Å². The molecular formula is C24H23NO4. The van der Waals surface area contributed by atoms with E-state index in [0.29, 0.717) is 29.4 Å². The molecule has 29 heavy (non-hydrogen) atoms. The predicted molar refractivity (Wildman–Crippen MR) is 114 cm³/mol. The summed E-state index contributed by atoms with van der Waals surface area (Å²) < 4.78 is 19.1. The number of fused-ring (bicyclic) bond motifs is 2. The monoisotopic (exact) mass is 389 g/mol. The minimum absolute atomic E-state index is 0.130. The molecule has 0 saturated carbocycles. The highest BCUT2D eigenvalue weighted by Crippen LogP contribution is 2.40. The van der Waals surface area contributed by atoms with Crippen LogP contribution >= 0.6 is 0 Å². The highest BCUT2D eigenvalue weighted by atomic mass is 16.5. The number of hydrogen-bond acceptors (Lipinski definition) is 4. The summed E-state index contributed by atoms with van der Waals surface area (Å²) in [6.07, 6.45) is 3.77. The molecule has 1 aliphatic heterocycles. The van der Waals surface area contributed by atoms with Gasteiger partial charge in [-0.3, -0.25) is 4.79 Å². The highest BCUT2D eigenvalue weighted by molar-refractivity contribution is 6.15. The standard InChI is InChI=1S/C24H23NO4/c1-14(2)13-28-21-9-7-18-23(26)22(29-24(18)15(21)3)10-16-12-25(4)20-8-6-17(27-5)11-19(16)20/h6-12H,1,13H2,2-5H3. The molecule has 4 rings (SSSR count). The number of allylic oxidation sites excluding steroid dienone is 1. The molecule has 0 amide bonds. The van der Waals surface area contributed by atoms with Crippen molar-refractivity contribution in [3.8, 4) is 17.2 Å². The van der Waals surface area contributed by atoms with Crippen LogP contribution in [0.25, 0.3) is 17.0 Å². The number of Topliss-reactive ketones (excluding diaryl/α,β-unsaturated/α-hetero) is 1. The lowest BCUT2D eigenvalue weighted by Crippen LogP contribution is -2.00. The molecule has 0 unspecified atom stereocenters. The van der Waals surface area contributed by atoms with Crippen molar-refractivity contribution in [2.24, 2.45) is 7.05 Å². The quantitative estimate of drug-likeness (QED) is 0.452. The first kappa shape index (κ1) is 18.9. The average molecular weight is 389 g/mol. The van der Waals surface area contributed by atoms with Gasteiger partial charge in [0.15, 0.2) is 5.76 Å². The molecule has 0 aliphatic carbocycles. The first-order chi connectivity index (χ1) is 13.9. The van der Waals surface area contributed by atoms with Gasteiger partial charge in [-0.1, -0.05) is 6.58 Å². The second kappa shape index (κ2) is 7.17. The number of hydrogen-bond donors (Lipinski definition) is 0. The summed E-state index contributed by atoms with van der Waals surface area (Å²) in [4.78, 5) is 12.9. The molecule has 5 heteroatoms. The van der Waals surface area contributed by atoms with Gasteiger partial charge in [-0.15, -0.1) is 0 Å². The fraction of sp³-hybridized carbons (Fsp3) is 0.208. The van der Waals surface area contributed by atoms with Crippen LogP contribution < -0.4 is 14.2 Å². The SMILES string of the molecule is C=C(C)COc1ccc2c(c1C)OC(=Cc1cn(C)c3ccc(OC)cc13)C2=O. The largest absolute Gasteiger partial charge is 0.497 e. The summed E-state index contributed by atoms with van der Waals surface area (Å²) in [7, 11) is 3.61. The van der Waals surface area contributed by atoms with Gasteiger partial charge in [-0.25, -0.2) is 0 Å². The molecule has 5 nitrogen and oxygen atoms in total. The van der Waals surface area contributed by atoms with Crippen molar-refractivity contribution < 1.29 is 19.0 Å². The Morgan fingerprint density at radius 1 is 1.28 bits per heavy atom. The van der Waals surface area contributed by atoms with Gasteiger partial charge in [0, 0.05) is 35.3 Å². The Bertz CT molecular complexity index is 1180. The molecule has 2 aromatic carbocycles. The third-order valence-electron chi connectivity index (χ3n) is 5.02. The van der Waals surface area contributed by atoms with Crippen LogP contribution in [0.15, 0.2) is 54.4 Å². The van der Waals surface area contributed by atoms with E-state index in [1.54, 1.807) is 19.3 Å². The Kier molecular flexibility index (Phi) is 4.66. The molecule has 0 fully saturated rings. The van der Waals surface area contributed by atoms with Gasteiger partial charge >= 0.3 is 0 Å². The number of benzene rings is 2. The van der Waals surface area contributed by atoms with Crippen LogP contribution in [-0.2, 0) is 7.05 Å². The van der Waals surface area contributed by atoms with Crippen LogP contribution in [-0.4, -0.2) is 24.1 Å². The molecule has 148 valence electrons. The molecule has 0 atom stereocenters. The number of carbonyl (C=O) groups is 1. The number of methoxy groups -OCH3 is 1. The third-order valence-corrected chi connectivity index (χ3v) is 5.02. The van der Waals surface area contributed by atoms with Crippen LogP contribution in [0.3, 0.4) is 0 Å². The van der Waals surface area contributed by atoms with Gasteiger partial charge < -0.3 is 18.8 Å². The van der Waals surface area contributed by atoms with Gasteiger partial charge in [0.25, 0.3) is 0 Å². The van der Waals surface area contributed by atoms with Crippen molar-refractivity contribution >= 4 is 22.8 Å². The Hall–Kier alpha value is -3.47. The fourth-order valence-corrected chi connectivity index (χ4v) is 3.51. The Labute approximate surface area is 169 Å². The summed E-state index contributed by atoms with van der Waals surface area (Å²) in [5.41, 5.74) is 4.23. The minimum Gasteiger partial charge on any atom is -0.497 e. The first-order valence-corrected chi connectivity index (χ1v) is 9.37. The van der Waals surface area contributed by atoms with Crippen molar-refractivity contribution in [2.75, 3.05) is 13.7 Å². The van der Waals surface area contributed by atoms with E-state index in [4.69, 9.17) is 14.2 Å². The van der Waals surface area contributed by atoms with Crippen LogP contribution in [0.5, 0.6) is 17.2 Å². The fourth-order valence-electron chi connectivity index (χ4n) is 3.51. The van der Waals surface area contributed by atoms with Gasteiger partial charge in [0.1, 0.15) is 23.9 Å². The summed E-state index contributed by atoms with van der Waals surface area (Å²) in [6, 6.07) is 9.44. The zero-order valence-electron chi connectivity index (χ0n) is 17.0. The number of ether oxygens (including phenoxy) is 3. The van der Waals surface area contributed by atoms with E-state index in [1.807, 2.05) is 55.9 Å². The van der Waals surface area contributed by atoms with Crippen LogP contribution in [0.2, 0.25) is 0 Å². The number of nitrogens with zero attached hydrogens (tertiary/aromatic N) is 1. The topological polar surface area (TPSA) is 49.7 Å². The molecule has 0 bridgehead atoms. The van der Waals surface area contributed by atoms with Crippen molar-refractivity contribution in [2.45, 2.75) is 13.8 Å². The number of ketones is 1. The van der Waals surface area contributed by atoms with Crippen LogP contribution in [0, 0.1) is 6.92 Å². The van der Waals surface area contributed by atoms with E-state index in [1.165, 1.54) is 0 Å². The Morgan fingerprint density at radius 2 is 2.07 bits per heavy atom. The van der Waals surface area contributed by atoms with E-state index in [0.717, 1.165) is 33.4 Å². The molecule has 1 aromatic heterocycles. The maximum atomic E-state index is 12.9. The summed E-state index contributed by atoms with van der Waals surface area (Å²) >= 11 is 0. The summed E-state index contributed by atoms with van der Waals surface area (Å²) in [6.45, 7) is 8.08. The van der Waals surface area contributed by atoms with E-state index in [2.05, 4.69) is 6.58 Å².